The molecular formula is C13H24O3. The first-order chi connectivity index (χ1) is 7.26. The number of carboxylic acid groups (broad SMARTS) is 1. The van der Waals surface area contributed by atoms with Crippen LogP contribution in [0.25, 0.3) is 0 Å². The van der Waals surface area contributed by atoms with Crippen LogP contribution in [-0.2, 0) is 4.79 Å². The molecule has 0 spiro atoms. The molecule has 0 bridgehead atoms. The highest BCUT2D eigenvalue weighted by atomic mass is 16.4. The third-order valence-corrected chi connectivity index (χ3v) is 4.18. The average Bonchev–Trinajstić information content (AvgIpc) is 2.16. The molecule has 1 unspecified atom stereocenters. The number of hydrogen-bond acceptors (Lipinski definition) is 2. The molecule has 0 saturated heterocycles. The van der Waals surface area contributed by atoms with E-state index in [2.05, 4.69) is 20.8 Å². The van der Waals surface area contributed by atoms with Gasteiger partial charge in [0.05, 0.1) is 0 Å². The van der Waals surface area contributed by atoms with Crippen molar-refractivity contribution in [2.24, 2.45) is 23.7 Å². The number of aliphatic hydroxyl groups is 1. The summed E-state index contributed by atoms with van der Waals surface area (Å²) in [6, 6.07) is 0. The van der Waals surface area contributed by atoms with E-state index in [4.69, 9.17) is 5.11 Å². The molecule has 1 rings (SSSR count). The molecule has 0 amide bonds. The molecule has 0 aliphatic heterocycles. The Bertz CT molecular complexity index is 258. The minimum atomic E-state index is -1.58. The van der Waals surface area contributed by atoms with Gasteiger partial charge < -0.3 is 10.2 Å². The number of hydrogen-bond donors (Lipinski definition) is 2. The first kappa shape index (κ1) is 13.5. The lowest BCUT2D eigenvalue weighted by Crippen LogP contribution is -2.49. The van der Waals surface area contributed by atoms with Crippen LogP contribution in [0.15, 0.2) is 0 Å². The summed E-state index contributed by atoms with van der Waals surface area (Å²) in [5.74, 6) is 0.0717. The van der Waals surface area contributed by atoms with E-state index in [1.54, 1.807) is 0 Å². The van der Waals surface area contributed by atoms with Gasteiger partial charge in [-0.1, -0.05) is 27.2 Å². The second-order valence-electron chi connectivity index (χ2n) is 5.89. The molecular weight excluding hydrogens is 204 g/mol. The van der Waals surface area contributed by atoms with Crippen molar-refractivity contribution in [3.63, 3.8) is 0 Å². The summed E-state index contributed by atoms with van der Waals surface area (Å²) in [6.07, 6.45) is 3.00. The zero-order valence-electron chi connectivity index (χ0n) is 10.7. The molecule has 0 heterocycles. The molecule has 2 N–H and O–H groups in total. The third kappa shape index (κ3) is 2.57. The van der Waals surface area contributed by atoms with Gasteiger partial charge in [-0.05, 0) is 37.5 Å². The summed E-state index contributed by atoms with van der Waals surface area (Å²) in [5.41, 5.74) is -1.58. The van der Waals surface area contributed by atoms with Crippen LogP contribution in [-0.4, -0.2) is 21.8 Å². The number of carbonyl (C=O) groups is 1. The minimum Gasteiger partial charge on any atom is -0.479 e. The smallest absolute Gasteiger partial charge is 0.335 e. The fourth-order valence-corrected chi connectivity index (χ4v) is 3.01. The van der Waals surface area contributed by atoms with E-state index in [9.17, 15) is 9.90 Å². The predicted molar refractivity (Wildman–Crippen MR) is 63.1 cm³/mol. The van der Waals surface area contributed by atoms with Crippen LogP contribution in [0.5, 0.6) is 0 Å². The molecule has 0 aromatic carbocycles. The molecule has 1 fully saturated rings. The van der Waals surface area contributed by atoms with Gasteiger partial charge in [0.15, 0.2) is 5.60 Å². The monoisotopic (exact) mass is 228 g/mol. The lowest BCUT2D eigenvalue weighted by molar-refractivity contribution is -0.168. The van der Waals surface area contributed by atoms with E-state index in [-0.39, 0.29) is 5.92 Å². The normalized spacial score (nSPS) is 34.8. The Hall–Kier alpha value is -0.570. The van der Waals surface area contributed by atoms with E-state index >= 15 is 0 Å². The van der Waals surface area contributed by atoms with Gasteiger partial charge in [0.1, 0.15) is 0 Å². The van der Waals surface area contributed by atoms with E-state index in [0.717, 1.165) is 19.3 Å². The Morgan fingerprint density at radius 3 is 2.38 bits per heavy atom. The highest BCUT2D eigenvalue weighted by Crippen LogP contribution is 2.43. The van der Waals surface area contributed by atoms with Crippen molar-refractivity contribution in [3.05, 3.63) is 0 Å². The van der Waals surface area contributed by atoms with E-state index < -0.39 is 11.6 Å². The molecule has 3 nitrogen and oxygen atoms in total. The molecule has 3 heteroatoms. The zero-order valence-corrected chi connectivity index (χ0v) is 10.7. The molecule has 4 atom stereocenters. The summed E-state index contributed by atoms with van der Waals surface area (Å²) in [6.45, 7) is 7.83. The van der Waals surface area contributed by atoms with Crippen LogP contribution >= 0.6 is 0 Å². The Kier molecular flexibility index (Phi) is 4.00. The molecule has 1 aliphatic carbocycles. The topological polar surface area (TPSA) is 57.5 Å². The van der Waals surface area contributed by atoms with Crippen molar-refractivity contribution in [2.45, 2.75) is 52.6 Å². The first-order valence-corrected chi connectivity index (χ1v) is 6.22. The zero-order chi connectivity index (χ0) is 12.5. The number of aliphatic carboxylic acids is 1. The van der Waals surface area contributed by atoms with Crippen molar-refractivity contribution in [1.82, 2.24) is 0 Å². The Morgan fingerprint density at radius 2 is 1.94 bits per heavy atom. The second-order valence-corrected chi connectivity index (χ2v) is 5.89. The minimum absolute atomic E-state index is 0.117. The standard InChI is InChI=1S/C13H24O3/c1-8(2)10-6-5-9(3)7-11(10)13(4,16)12(14)15/h8-11,16H,5-7H2,1-4H3,(H,14,15)/t9-,10+,11-,13?/m0/s1. The molecule has 0 aromatic rings. The molecule has 0 radical (unpaired) electrons. The number of carboxylic acids is 1. The van der Waals surface area contributed by atoms with Crippen molar-refractivity contribution in [3.8, 4) is 0 Å². The summed E-state index contributed by atoms with van der Waals surface area (Å²) >= 11 is 0. The molecule has 16 heavy (non-hydrogen) atoms. The van der Waals surface area contributed by atoms with Crippen LogP contribution in [0.1, 0.15) is 47.0 Å². The van der Waals surface area contributed by atoms with Crippen molar-refractivity contribution >= 4 is 5.97 Å². The fourth-order valence-electron chi connectivity index (χ4n) is 3.01. The van der Waals surface area contributed by atoms with Gasteiger partial charge in [0.2, 0.25) is 0 Å². The van der Waals surface area contributed by atoms with Crippen molar-refractivity contribution in [2.75, 3.05) is 0 Å². The third-order valence-electron chi connectivity index (χ3n) is 4.18. The van der Waals surface area contributed by atoms with Gasteiger partial charge in [-0.2, -0.15) is 0 Å². The van der Waals surface area contributed by atoms with E-state index in [1.165, 1.54) is 6.92 Å². The maximum absolute atomic E-state index is 11.1. The summed E-state index contributed by atoms with van der Waals surface area (Å²) in [4.78, 5) is 11.1. The summed E-state index contributed by atoms with van der Waals surface area (Å²) in [7, 11) is 0. The van der Waals surface area contributed by atoms with Crippen LogP contribution in [0.4, 0.5) is 0 Å². The van der Waals surface area contributed by atoms with Crippen LogP contribution in [0, 0.1) is 23.7 Å². The predicted octanol–water partition coefficient (Wildman–Crippen LogP) is 2.53. The lowest BCUT2D eigenvalue weighted by atomic mass is 9.64. The van der Waals surface area contributed by atoms with Crippen LogP contribution in [0.2, 0.25) is 0 Å². The quantitative estimate of drug-likeness (QED) is 0.780. The van der Waals surface area contributed by atoms with Gasteiger partial charge in [-0.15, -0.1) is 0 Å². The van der Waals surface area contributed by atoms with Gasteiger partial charge in [0, 0.05) is 5.92 Å². The van der Waals surface area contributed by atoms with E-state index in [0.29, 0.717) is 17.8 Å². The van der Waals surface area contributed by atoms with Gasteiger partial charge in [-0.25, -0.2) is 4.79 Å². The summed E-state index contributed by atoms with van der Waals surface area (Å²) in [5, 5.41) is 19.3. The van der Waals surface area contributed by atoms with Crippen LogP contribution < -0.4 is 0 Å². The molecule has 1 saturated carbocycles. The Morgan fingerprint density at radius 1 is 1.38 bits per heavy atom. The van der Waals surface area contributed by atoms with Crippen LogP contribution in [0.3, 0.4) is 0 Å². The van der Waals surface area contributed by atoms with Gasteiger partial charge in [-0.3, -0.25) is 0 Å². The SMILES string of the molecule is CC(C)[C@H]1CC[C@H](C)C[C@@H]1C(C)(O)C(=O)O. The number of rotatable bonds is 3. The van der Waals surface area contributed by atoms with E-state index in [1.807, 2.05) is 0 Å². The second kappa shape index (κ2) is 4.74. The Balaban J connectivity index is 2.91. The Labute approximate surface area is 97.9 Å². The average molecular weight is 228 g/mol. The fraction of sp³-hybridized carbons (Fsp3) is 0.923. The molecule has 94 valence electrons. The highest BCUT2D eigenvalue weighted by Gasteiger charge is 2.46. The molecule has 0 aromatic heterocycles. The molecule has 1 aliphatic rings. The maximum Gasteiger partial charge on any atom is 0.335 e. The maximum atomic E-state index is 11.1. The van der Waals surface area contributed by atoms with Gasteiger partial charge in [0.25, 0.3) is 0 Å². The lowest BCUT2D eigenvalue weighted by Gasteiger charge is -2.43. The van der Waals surface area contributed by atoms with Crippen molar-refractivity contribution < 1.29 is 15.0 Å². The highest BCUT2D eigenvalue weighted by molar-refractivity contribution is 5.77. The first-order valence-electron chi connectivity index (χ1n) is 6.22. The van der Waals surface area contributed by atoms with Crippen molar-refractivity contribution in [1.29, 1.82) is 0 Å². The summed E-state index contributed by atoms with van der Waals surface area (Å²) < 4.78 is 0. The van der Waals surface area contributed by atoms with Gasteiger partial charge >= 0.3 is 5.97 Å². The largest absolute Gasteiger partial charge is 0.479 e.